The van der Waals surface area contributed by atoms with Crippen LogP contribution in [-0.4, -0.2) is 43.2 Å². The number of benzene rings is 1. The molecule has 1 aromatic rings. The second kappa shape index (κ2) is 13.0. The Bertz CT molecular complexity index is 839. The highest BCUT2D eigenvalue weighted by Gasteiger charge is 2.25. The van der Waals surface area contributed by atoms with Gasteiger partial charge in [-0.05, 0) is 52.7 Å². The highest BCUT2D eigenvalue weighted by molar-refractivity contribution is 6.01. The van der Waals surface area contributed by atoms with Crippen LogP contribution in [0.15, 0.2) is 58.3 Å². The summed E-state index contributed by atoms with van der Waals surface area (Å²) in [6.45, 7) is 12.7. The van der Waals surface area contributed by atoms with Crippen LogP contribution in [0.25, 0.3) is 0 Å². The predicted octanol–water partition coefficient (Wildman–Crippen LogP) is 4.57. The lowest BCUT2D eigenvalue weighted by molar-refractivity contribution is -0.117. The maximum atomic E-state index is 6.09. The number of methoxy groups -OCH3 is 1. The van der Waals surface area contributed by atoms with E-state index in [9.17, 15) is 0 Å². The van der Waals surface area contributed by atoms with Crippen LogP contribution < -0.4 is 16.2 Å². The number of rotatable bonds is 10. The standard InChI is InChI=1S/C23H34N4O3.C2H6/c1-22(2,28-5)16-30-23(3,4)15-29-19-13-9-12-18(14-19)21(25)27-26-20(24)17-10-7-6-8-11-17;1-2/h7,9-14H,6,8,15-16H2,1-5H3,(H2,24,26)(H2,25,27);1-2H3. The van der Waals surface area contributed by atoms with E-state index in [1.807, 2.05) is 78.0 Å². The Balaban J connectivity index is 0.00000249. The van der Waals surface area contributed by atoms with E-state index in [-0.39, 0.29) is 11.4 Å². The molecule has 0 bridgehead atoms. The molecule has 4 N–H and O–H groups in total. The van der Waals surface area contributed by atoms with Gasteiger partial charge in [0.15, 0.2) is 11.7 Å². The summed E-state index contributed by atoms with van der Waals surface area (Å²) in [5, 5.41) is 8.13. The van der Waals surface area contributed by atoms with E-state index < -0.39 is 5.60 Å². The van der Waals surface area contributed by atoms with Crippen LogP contribution in [0.3, 0.4) is 0 Å². The molecule has 0 amide bonds. The minimum Gasteiger partial charge on any atom is -0.491 e. The lowest BCUT2D eigenvalue weighted by Crippen LogP contribution is -2.39. The van der Waals surface area contributed by atoms with Gasteiger partial charge in [0.2, 0.25) is 0 Å². The van der Waals surface area contributed by atoms with Gasteiger partial charge in [0.05, 0.1) is 17.8 Å². The van der Waals surface area contributed by atoms with E-state index in [1.165, 1.54) is 0 Å². The third kappa shape index (κ3) is 9.66. The molecule has 0 unspecified atom stereocenters. The van der Waals surface area contributed by atoms with E-state index in [0.717, 1.165) is 18.4 Å². The topological polar surface area (TPSA) is 104 Å². The smallest absolute Gasteiger partial charge is 0.153 e. The maximum Gasteiger partial charge on any atom is 0.153 e. The van der Waals surface area contributed by atoms with Crippen molar-refractivity contribution >= 4 is 11.7 Å². The lowest BCUT2D eigenvalue weighted by Gasteiger charge is -2.31. The van der Waals surface area contributed by atoms with Gasteiger partial charge in [0.25, 0.3) is 0 Å². The Morgan fingerprint density at radius 2 is 1.66 bits per heavy atom. The van der Waals surface area contributed by atoms with Gasteiger partial charge in [-0.3, -0.25) is 0 Å². The zero-order valence-electron chi connectivity index (χ0n) is 20.6. The molecule has 0 aromatic heterocycles. The average molecular weight is 445 g/mol. The lowest BCUT2D eigenvalue weighted by atomic mass is 10.1. The Kier molecular flexibility index (Phi) is 11.2. The van der Waals surface area contributed by atoms with Crippen molar-refractivity contribution in [2.24, 2.45) is 21.7 Å². The third-order valence-corrected chi connectivity index (χ3v) is 4.64. The van der Waals surface area contributed by atoms with Gasteiger partial charge in [-0.1, -0.05) is 44.2 Å². The molecule has 1 aliphatic rings. The van der Waals surface area contributed by atoms with E-state index in [1.54, 1.807) is 7.11 Å². The van der Waals surface area contributed by atoms with Crippen molar-refractivity contribution in [2.75, 3.05) is 20.3 Å². The van der Waals surface area contributed by atoms with Crippen molar-refractivity contribution in [2.45, 2.75) is 65.6 Å². The Morgan fingerprint density at radius 3 is 2.28 bits per heavy atom. The van der Waals surface area contributed by atoms with Gasteiger partial charge in [-0.15, -0.1) is 10.2 Å². The SMILES string of the molecule is CC.COC(C)(C)COC(C)(C)COc1cccc(/C(N)=N/N=C(\N)C2=CCCC=C2)c1. The molecule has 0 atom stereocenters. The molecule has 2 rings (SSSR count). The third-order valence-electron chi connectivity index (χ3n) is 4.64. The minimum atomic E-state index is -0.481. The normalized spacial score (nSPS) is 15.0. The number of hydrogen-bond acceptors (Lipinski definition) is 5. The minimum absolute atomic E-state index is 0.265. The molecule has 7 heteroatoms. The van der Waals surface area contributed by atoms with Crippen LogP contribution >= 0.6 is 0 Å². The van der Waals surface area contributed by atoms with Crippen molar-refractivity contribution in [1.29, 1.82) is 0 Å². The zero-order chi connectivity index (χ0) is 24.2. The molecule has 1 aromatic carbocycles. The van der Waals surface area contributed by atoms with E-state index in [2.05, 4.69) is 16.3 Å². The van der Waals surface area contributed by atoms with Gasteiger partial charge >= 0.3 is 0 Å². The summed E-state index contributed by atoms with van der Waals surface area (Å²) in [5.74, 6) is 1.28. The first-order chi connectivity index (χ1) is 15.1. The Hall–Kier alpha value is -2.64. The summed E-state index contributed by atoms with van der Waals surface area (Å²) in [6.07, 6.45) is 8.01. The summed E-state index contributed by atoms with van der Waals surface area (Å²) >= 11 is 0. The summed E-state index contributed by atoms with van der Waals surface area (Å²) in [6, 6.07) is 7.38. The van der Waals surface area contributed by atoms with E-state index in [0.29, 0.717) is 30.4 Å². The number of hydrogen-bond donors (Lipinski definition) is 2. The van der Waals surface area contributed by atoms with Crippen LogP contribution in [0.2, 0.25) is 0 Å². The van der Waals surface area contributed by atoms with Crippen molar-refractivity contribution in [1.82, 2.24) is 0 Å². The predicted molar refractivity (Wildman–Crippen MR) is 133 cm³/mol. The fourth-order valence-corrected chi connectivity index (χ4v) is 2.50. The number of amidine groups is 2. The van der Waals surface area contributed by atoms with E-state index in [4.69, 9.17) is 25.7 Å². The molecular weight excluding hydrogens is 404 g/mol. The molecule has 0 heterocycles. The van der Waals surface area contributed by atoms with Crippen LogP contribution in [0.4, 0.5) is 0 Å². The first kappa shape index (κ1) is 27.4. The molecule has 0 spiro atoms. The van der Waals surface area contributed by atoms with Crippen molar-refractivity contribution in [3.63, 3.8) is 0 Å². The second-order valence-corrected chi connectivity index (χ2v) is 8.44. The molecule has 1 aliphatic carbocycles. The number of nitrogens with two attached hydrogens (primary N) is 2. The highest BCUT2D eigenvalue weighted by atomic mass is 16.6. The van der Waals surface area contributed by atoms with Crippen LogP contribution in [0.1, 0.15) is 59.9 Å². The van der Waals surface area contributed by atoms with Gasteiger partial charge < -0.3 is 25.7 Å². The van der Waals surface area contributed by atoms with Gasteiger partial charge in [0.1, 0.15) is 12.4 Å². The second-order valence-electron chi connectivity index (χ2n) is 8.44. The maximum absolute atomic E-state index is 6.09. The van der Waals surface area contributed by atoms with Crippen LogP contribution in [0.5, 0.6) is 5.75 Å². The molecule has 0 saturated heterocycles. The monoisotopic (exact) mass is 444 g/mol. The van der Waals surface area contributed by atoms with Gasteiger partial charge in [-0.25, -0.2) is 0 Å². The number of nitrogens with zero attached hydrogens (tertiary/aromatic N) is 2. The Morgan fingerprint density at radius 1 is 0.969 bits per heavy atom. The van der Waals surface area contributed by atoms with E-state index >= 15 is 0 Å². The molecular formula is C25H40N4O3. The fourth-order valence-electron chi connectivity index (χ4n) is 2.50. The molecule has 0 saturated carbocycles. The van der Waals surface area contributed by atoms with Gasteiger partial charge in [-0.2, -0.15) is 0 Å². The fraction of sp³-hybridized carbons (Fsp3) is 0.520. The van der Waals surface area contributed by atoms with Crippen molar-refractivity contribution in [3.8, 4) is 5.75 Å². The molecule has 0 radical (unpaired) electrons. The average Bonchev–Trinajstić information content (AvgIpc) is 2.82. The number of allylic oxidation sites excluding steroid dienone is 2. The molecule has 0 fully saturated rings. The van der Waals surface area contributed by atoms with Crippen LogP contribution in [-0.2, 0) is 9.47 Å². The summed E-state index contributed by atoms with van der Waals surface area (Å²) < 4.78 is 17.3. The Labute approximate surface area is 193 Å². The zero-order valence-corrected chi connectivity index (χ0v) is 20.6. The van der Waals surface area contributed by atoms with Crippen molar-refractivity contribution < 1.29 is 14.2 Å². The summed E-state index contributed by atoms with van der Waals surface area (Å²) in [4.78, 5) is 0. The molecule has 7 nitrogen and oxygen atoms in total. The first-order valence-electron chi connectivity index (χ1n) is 11.1. The number of ether oxygens (including phenoxy) is 3. The summed E-state index contributed by atoms with van der Waals surface area (Å²) in [5.41, 5.74) is 12.8. The largest absolute Gasteiger partial charge is 0.491 e. The quantitative estimate of drug-likeness (QED) is 0.313. The van der Waals surface area contributed by atoms with Crippen LogP contribution in [0, 0.1) is 0 Å². The summed E-state index contributed by atoms with van der Waals surface area (Å²) in [7, 11) is 1.67. The molecule has 32 heavy (non-hydrogen) atoms. The highest BCUT2D eigenvalue weighted by Crippen LogP contribution is 2.19. The van der Waals surface area contributed by atoms with Crippen molar-refractivity contribution in [3.05, 3.63) is 53.6 Å². The molecule has 0 aliphatic heterocycles. The molecule has 178 valence electrons. The first-order valence-corrected chi connectivity index (χ1v) is 11.1. The van der Waals surface area contributed by atoms with Gasteiger partial charge in [0, 0.05) is 18.2 Å².